The number of benzene rings is 7. The van der Waals surface area contributed by atoms with Crippen molar-refractivity contribution in [1.29, 1.82) is 0 Å². The van der Waals surface area contributed by atoms with Crippen LogP contribution in [0.5, 0.6) is 0 Å². The summed E-state index contributed by atoms with van der Waals surface area (Å²) in [4.78, 5) is 15.3. The van der Waals surface area contributed by atoms with E-state index in [1.807, 2.05) is 6.07 Å². The third-order valence-electron chi connectivity index (χ3n) is 9.97. The van der Waals surface area contributed by atoms with Crippen LogP contribution in [-0.2, 0) is 0 Å². The molecule has 0 radical (unpaired) electrons. The molecule has 0 fully saturated rings. The fourth-order valence-corrected chi connectivity index (χ4v) is 7.35. The van der Waals surface area contributed by atoms with Crippen molar-refractivity contribution >= 4 is 37.8 Å². The van der Waals surface area contributed by atoms with Gasteiger partial charge in [-0.15, -0.1) is 0 Å². The minimum atomic E-state index is 0.611. The van der Waals surface area contributed by atoms with Crippen molar-refractivity contribution in [2.45, 2.75) is 6.92 Å². The van der Waals surface area contributed by atoms with Crippen LogP contribution >= 0.6 is 0 Å². The van der Waals surface area contributed by atoms with Crippen LogP contribution < -0.4 is 0 Å². The van der Waals surface area contributed by atoms with Gasteiger partial charge in [0.25, 0.3) is 0 Å². The van der Waals surface area contributed by atoms with E-state index in [2.05, 4.69) is 175 Å². The molecule has 0 aliphatic rings. The quantitative estimate of drug-likeness (QED) is 0.184. The second-order valence-corrected chi connectivity index (χ2v) is 13.2. The van der Waals surface area contributed by atoms with Gasteiger partial charge in [0.15, 0.2) is 17.5 Å². The molecule has 5 heteroatoms. The summed E-state index contributed by atoms with van der Waals surface area (Å²) < 4.78 is 2.10. The molecule has 0 bridgehead atoms. The molecular formula is C47H31N5. The summed E-state index contributed by atoms with van der Waals surface area (Å²) in [6.45, 7) is 2.17. The highest BCUT2D eigenvalue weighted by Crippen LogP contribution is 2.36. The van der Waals surface area contributed by atoms with Gasteiger partial charge in [-0.25, -0.2) is 19.5 Å². The van der Waals surface area contributed by atoms with E-state index < -0.39 is 0 Å². The number of rotatable bonds is 5. The Bertz CT molecular complexity index is 2880. The molecule has 10 rings (SSSR count). The van der Waals surface area contributed by atoms with E-state index in [4.69, 9.17) is 20.1 Å². The van der Waals surface area contributed by atoms with Crippen molar-refractivity contribution in [3.63, 3.8) is 0 Å². The molecule has 0 saturated heterocycles. The number of fused-ring (bicyclic) bond motifs is 5. The molecule has 7 aromatic carbocycles. The number of hydrogen-bond acceptors (Lipinski definition) is 4. The molecule has 3 aromatic heterocycles. The Kier molecular flexibility index (Phi) is 6.96. The lowest BCUT2D eigenvalue weighted by Gasteiger charge is -2.10. The van der Waals surface area contributed by atoms with Crippen molar-refractivity contribution in [2.75, 3.05) is 0 Å². The SMILES string of the molecule is Cc1c(-c2cccc(-c3nc(-c4ccc5ccccc5c4)nc(-c4ccc5ccccc5c4)n3)c2)nn2c(-c3ccccc3)cc3ccccc3c12. The van der Waals surface area contributed by atoms with Gasteiger partial charge in [-0.3, -0.25) is 0 Å². The van der Waals surface area contributed by atoms with Crippen LogP contribution in [0.2, 0.25) is 0 Å². The summed E-state index contributed by atoms with van der Waals surface area (Å²) in [5, 5.41) is 12.3. The van der Waals surface area contributed by atoms with Gasteiger partial charge in [-0.1, -0.05) is 146 Å². The van der Waals surface area contributed by atoms with E-state index in [1.165, 1.54) is 21.5 Å². The summed E-state index contributed by atoms with van der Waals surface area (Å²) in [7, 11) is 0. The van der Waals surface area contributed by atoms with Gasteiger partial charge < -0.3 is 0 Å². The van der Waals surface area contributed by atoms with Crippen molar-refractivity contribution in [3.05, 3.63) is 175 Å². The van der Waals surface area contributed by atoms with Gasteiger partial charge in [0.1, 0.15) is 0 Å². The largest absolute Gasteiger partial charge is 0.232 e. The normalized spacial score (nSPS) is 11.6. The molecule has 0 amide bonds. The first-order chi connectivity index (χ1) is 25.7. The van der Waals surface area contributed by atoms with E-state index in [1.54, 1.807) is 0 Å². The van der Waals surface area contributed by atoms with Gasteiger partial charge in [0.2, 0.25) is 0 Å². The number of pyridine rings is 1. The Labute approximate surface area is 300 Å². The van der Waals surface area contributed by atoms with Crippen LogP contribution in [0.4, 0.5) is 0 Å². The maximum absolute atomic E-state index is 5.30. The minimum Gasteiger partial charge on any atom is -0.232 e. The molecule has 3 heterocycles. The van der Waals surface area contributed by atoms with Gasteiger partial charge in [-0.05, 0) is 58.1 Å². The standard InChI is InChI=1S/C47H31N5/c1-30-43(51-52-42(33-14-3-2-4-15-33)29-36-18-9-10-21-41(36)44(30)52)37-19-11-20-38(28-37)45-48-46(39-24-22-31-12-5-7-16-34(31)26-39)50-47(49-45)40-25-23-32-13-6-8-17-35(32)27-40/h2-29H,1H3. The molecule has 52 heavy (non-hydrogen) atoms. The van der Waals surface area contributed by atoms with Crippen LogP contribution in [-0.4, -0.2) is 24.6 Å². The van der Waals surface area contributed by atoms with Gasteiger partial charge in [-0.2, -0.15) is 5.10 Å². The minimum absolute atomic E-state index is 0.611. The topological polar surface area (TPSA) is 56.0 Å². The first-order valence-corrected chi connectivity index (χ1v) is 17.5. The lowest BCUT2D eigenvalue weighted by atomic mass is 10.0. The highest BCUT2D eigenvalue weighted by molar-refractivity contribution is 6.01. The predicted octanol–water partition coefficient (Wildman–Crippen LogP) is 11.6. The molecule has 0 aliphatic heterocycles. The summed E-state index contributed by atoms with van der Waals surface area (Å²) in [6, 6.07) is 59.2. The zero-order chi connectivity index (χ0) is 34.6. The maximum Gasteiger partial charge on any atom is 0.164 e. The third-order valence-corrected chi connectivity index (χ3v) is 9.97. The first kappa shape index (κ1) is 29.9. The molecule has 0 N–H and O–H groups in total. The molecule has 0 saturated carbocycles. The molecule has 244 valence electrons. The van der Waals surface area contributed by atoms with E-state index in [0.717, 1.165) is 61.1 Å². The highest BCUT2D eigenvalue weighted by Gasteiger charge is 2.19. The molecular weight excluding hydrogens is 635 g/mol. The Morgan fingerprint density at radius 2 is 0.885 bits per heavy atom. The second kappa shape index (κ2) is 12.1. The molecule has 0 atom stereocenters. The summed E-state index contributed by atoms with van der Waals surface area (Å²) in [5.74, 6) is 1.87. The zero-order valence-electron chi connectivity index (χ0n) is 28.4. The lowest BCUT2D eigenvalue weighted by Crippen LogP contribution is -2.00. The Balaban J connectivity index is 1.16. The molecule has 5 nitrogen and oxygen atoms in total. The zero-order valence-corrected chi connectivity index (χ0v) is 28.4. The van der Waals surface area contributed by atoms with E-state index in [0.29, 0.717) is 17.5 Å². The number of aryl methyl sites for hydroxylation is 1. The fraction of sp³-hybridized carbons (Fsp3) is 0.0213. The first-order valence-electron chi connectivity index (χ1n) is 17.5. The third kappa shape index (κ3) is 5.10. The van der Waals surface area contributed by atoms with Crippen LogP contribution in [0.25, 0.3) is 94.5 Å². The second-order valence-electron chi connectivity index (χ2n) is 13.2. The average Bonchev–Trinajstić information content (AvgIpc) is 3.57. The lowest BCUT2D eigenvalue weighted by molar-refractivity contribution is 0.979. The van der Waals surface area contributed by atoms with E-state index in [-0.39, 0.29) is 0 Å². The predicted molar refractivity (Wildman–Crippen MR) is 213 cm³/mol. The molecule has 0 aliphatic carbocycles. The summed E-state index contributed by atoms with van der Waals surface area (Å²) in [5.41, 5.74) is 9.11. The van der Waals surface area contributed by atoms with Crippen molar-refractivity contribution < 1.29 is 0 Å². The van der Waals surface area contributed by atoms with E-state index >= 15 is 0 Å². The fourth-order valence-electron chi connectivity index (χ4n) is 7.35. The van der Waals surface area contributed by atoms with E-state index in [9.17, 15) is 0 Å². The number of hydrogen-bond donors (Lipinski definition) is 0. The monoisotopic (exact) mass is 665 g/mol. The van der Waals surface area contributed by atoms with Gasteiger partial charge in [0, 0.05) is 38.8 Å². The van der Waals surface area contributed by atoms with Crippen molar-refractivity contribution in [1.82, 2.24) is 24.6 Å². The van der Waals surface area contributed by atoms with Crippen molar-refractivity contribution in [3.8, 4) is 56.7 Å². The number of aromatic nitrogens is 5. The summed E-state index contributed by atoms with van der Waals surface area (Å²) >= 11 is 0. The smallest absolute Gasteiger partial charge is 0.164 e. The Morgan fingerprint density at radius 3 is 1.52 bits per heavy atom. The molecule has 0 spiro atoms. The van der Waals surface area contributed by atoms with Crippen molar-refractivity contribution in [2.24, 2.45) is 0 Å². The maximum atomic E-state index is 5.30. The Morgan fingerprint density at radius 1 is 0.385 bits per heavy atom. The molecule has 10 aromatic rings. The average molecular weight is 666 g/mol. The molecule has 0 unspecified atom stereocenters. The van der Waals surface area contributed by atoms with Crippen LogP contribution in [0, 0.1) is 6.92 Å². The van der Waals surface area contributed by atoms with Crippen LogP contribution in [0.3, 0.4) is 0 Å². The number of nitrogens with zero attached hydrogens (tertiary/aromatic N) is 5. The van der Waals surface area contributed by atoms with Gasteiger partial charge >= 0.3 is 0 Å². The van der Waals surface area contributed by atoms with Crippen LogP contribution in [0.15, 0.2) is 170 Å². The summed E-state index contributed by atoms with van der Waals surface area (Å²) in [6.07, 6.45) is 0. The van der Waals surface area contributed by atoms with Gasteiger partial charge in [0.05, 0.1) is 16.9 Å². The highest BCUT2D eigenvalue weighted by atomic mass is 15.2. The van der Waals surface area contributed by atoms with Crippen LogP contribution in [0.1, 0.15) is 5.56 Å². The Hall–Kier alpha value is -6.98.